The molecule has 0 saturated carbocycles. The van der Waals surface area contributed by atoms with E-state index in [0.29, 0.717) is 6.61 Å². The Balaban J connectivity index is 1.42. The molecule has 1 saturated heterocycles. The van der Waals surface area contributed by atoms with Crippen LogP contribution in [0.2, 0.25) is 0 Å². The summed E-state index contributed by atoms with van der Waals surface area (Å²) in [5, 5.41) is 0. The first-order valence-electron chi connectivity index (χ1n) is 9.10. The summed E-state index contributed by atoms with van der Waals surface area (Å²) in [4.78, 5) is 25.4. The van der Waals surface area contributed by atoms with Crippen molar-refractivity contribution >= 4 is 5.91 Å². The van der Waals surface area contributed by atoms with Crippen LogP contribution in [-0.2, 0) is 22.7 Å². The molecule has 0 spiro atoms. The standard InChI is InChI=1S/C20H26N4O2/c1-17-12-22-19(13-21-17)14-23-8-5-9-24(11-10-23)20(25)16-26-15-18-6-3-2-4-7-18/h2-4,6-7,12-13H,5,8-11,14-16H2,1H3. The van der Waals surface area contributed by atoms with E-state index in [4.69, 9.17) is 4.74 Å². The summed E-state index contributed by atoms with van der Waals surface area (Å²) >= 11 is 0. The zero-order chi connectivity index (χ0) is 18.2. The number of aromatic nitrogens is 2. The Morgan fingerprint density at radius 1 is 1.08 bits per heavy atom. The molecular formula is C20H26N4O2. The molecular weight excluding hydrogens is 328 g/mol. The van der Waals surface area contributed by atoms with Gasteiger partial charge in [-0.2, -0.15) is 0 Å². The molecule has 0 bridgehead atoms. The van der Waals surface area contributed by atoms with Crippen LogP contribution < -0.4 is 0 Å². The minimum absolute atomic E-state index is 0.0675. The normalized spacial score (nSPS) is 15.7. The number of amides is 1. The Labute approximate surface area is 154 Å². The first-order chi connectivity index (χ1) is 12.7. The van der Waals surface area contributed by atoms with Gasteiger partial charge in [-0.05, 0) is 18.9 Å². The minimum Gasteiger partial charge on any atom is -0.367 e. The number of aryl methyl sites for hydroxylation is 1. The molecule has 6 heteroatoms. The fraction of sp³-hybridized carbons (Fsp3) is 0.450. The molecule has 0 radical (unpaired) electrons. The zero-order valence-corrected chi connectivity index (χ0v) is 15.3. The summed E-state index contributed by atoms with van der Waals surface area (Å²) in [5.41, 5.74) is 2.99. The van der Waals surface area contributed by atoms with Crippen LogP contribution in [0.25, 0.3) is 0 Å². The Bertz CT molecular complexity index is 691. The molecule has 138 valence electrons. The van der Waals surface area contributed by atoms with Crippen LogP contribution in [0, 0.1) is 6.92 Å². The highest BCUT2D eigenvalue weighted by Crippen LogP contribution is 2.08. The Hall–Kier alpha value is -2.31. The van der Waals surface area contributed by atoms with Crippen molar-refractivity contribution < 1.29 is 9.53 Å². The van der Waals surface area contributed by atoms with Gasteiger partial charge in [-0.15, -0.1) is 0 Å². The molecule has 0 aliphatic carbocycles. The number of carbonyl (C=O) groups is 1. The zero-order valence-electron chi connectivity index (χ0n) is 15.3. The second kappa shape index (κ2) is 9.40. The topological polar surface area (TPSA) is 58.6 Å². The number of hydrogen-bond donors (Lipinski definition) is 0. The number of nitrogens with zero attached hydrogens (tertiary/aromatic N) is 4. The smallest absolute Gasteiger partial charge is 0.248 e. The number of hydrogen-bond acceptors (Lipinski definition) is 5. The summed E-state index contributed by atoms with van der Waals surface area (Å²) in [7, 11) is 0. The van der Waals surface area contributed by atoms with Crippen molar-refractivity contribution in [2.75, 3.05) is 32.8 Å². The van der Waals surface area contributed by atoms with Gasteiger partial charge < -0.3 is 9.64 Å². The number of ether oxygens (including phenoxy) is 1. The summed E-state index contributed by atoms with van der Waals surface area (Å²) in [6.45, 7) is 6.64. The highest BCUT2D eigenvalue weighted by atomic mass is 16.5. The molecule has 26 heavy (non-hydrogen) atoms. The van der Waals surface area contributed by atoms with E-state index >= 15 is 0 Å². The summed E-state index contributed by atoms with van der Waals surface area (Å²) < 4.78 is 5.59. The van der Waals surface area contributed by atoms with Gasteiger partial charge in [0.2, 0.25) is 5.91 Å². The first-order valence-corrected chi connectivity index (χ1v) is 9.10. The fourth-order valence-electron chi connectivity index (χ4n) is 3.03. The third-order valence-electron chi connectivity index (χ3n) is 4.50. The maximum Gasteiger partial charge on any atom is 0.248 e. The van der Waals surface area contributed by atoms with Crippen LogP contribution in [0.1, 0.15) is 23.4 Å². The molecule has 2 aromatic rings. The molecule has 0 unspecified atom stereocenters. The number of carbonyl (C=O) groups excluding carboxylic acids is 1. The van der Waals surface area contributed by atoms with E-state index in [9.17, 15) is 4.79 Å². The highest BCUT2D eigenvalue weighted by Gasteiger charge is 2.19. The van der Waals surface area contributed by atoms with E-state index in [1.165, 1.54) is 0 Å². The highest BCUT2D eigenvalue weighted by molar-refractivity contribution is 5.77. The third kappa shape index (κ3) is 5.61. The molecule has 3 rings (SSSR count). The molecule has 1 aromatic heterocycles. The Kier molecular flexibility index (Phi) is 6.68. The third-order valence-corrected chi connectivity index (χ3v) is 4.50. The second-order valence-electron chi connectivity index (χ2n) is 6.64. The van der Waals surface area contributed by atoms with Gasteiger partial charge in [0.05, 0.1) is 18.0 Å². The Morgan fingerprint density at radius 3 is 2.69 bits per heavy atom. The lowest BCUT2D eigenvalue weighted by atomic mass is 10.2. The van der Waals surface area contributed by atoms with Crippen molar-refractivity contribution in [3.05, 3.63) is 59.7 Å². The van der Waals surface area contributed by atoms with Crippen molar-refractivity contribution in [1.29, 1.82) is 0 Å². The largest absolute Gasteiger partial charge is 0.367 e. The van der Waals surface area contributed by atoms with Crippen molar-refractivity contribution in [2.24, 2.45) is 0 Å². The van der Waals surface area contributed by atoms with Gasteiger partial charge in [-0.25, -0.2) is 0 Å². The molecule has 1 amide bonds. The molecule has 0 atom stereocenters. The Morgan fingerprint density at radius 2 is 1.92 bits per heavy atom. The monoisotopic (exact) mass is 354 g/mol. The summed E-state index contributed by atoms with van der Waals surface area (Å²) in [5.74, 6) is 0.0675. The average molecular weight is 354 g/mol. The number of benzene rings is 1. The van der Waals surface area contributed by atoms with Crippen LogP contribution in [0.15, 0.2) is 42.7 Å². The minimum atomic E-state index is 0.0675. The molecule has 6 nitrogen and oxygen atoms in total. The van der Waals surface area contributed by atoms with Crippen LogP contribution in [0.5, 0.6) is 0 Å². The summed E-state index contributed by atoms with van der Waals surface area (Å²) in [6, 6.07) is 9.93. The summed E-state index contributed by atoms with van der Waals surface area (Å²) in [6.07, 6.45) is 4.59. The van der Waals surface area contributed by atoms with Gasteiger partial charge in [-0.3, -0.25) is 19.7 Å². The van der Waals surface area contributed by atoms with E-state index in [-0.39, 0.29) is 12.5 Å². The van der Waals surface area contributed by atoms with Gasteiger partial charge in [0, 0.05) is 45.1 Å². The predicted octanol–water partition coefficient (Wildman–Crippen LogP) is 2.04. The van der Waals surface area contributed by atoms with E-state index < -0.39 is 0 Å². The van der Waals surface area contributed by atoms with Crippen molar-refractivity contribution in [1.82, 2.24) is 19.8 Å². The van der Waals surface area contributed by atoms with E-state index in [1.54, 1.807) is 6.20 Å². The average Bonchev–Trinajstić information content (AvgIpc) is 2.90. The lowest BCUT2D eigenvalue weighted by molar-refractivity contribution is -0.136. The second-order valence-corrected chi connectivity index (χ2v) is 6.64. The van der Waals surface area contributed by atoms with E-state index in [2.05, 4.69) is 14.9 Å². The molecule has 2 heterocycles. The number of rotatable bonds is 6. The van der Waals surface area contributed by atoms with Gasteiger partial charge in [0.1, 0.15) is 6.61 Å². The lowest BCUT2D eigenvalue weighted by Crippen LogP contribution is -2.37. The molecule has 1 aromatic carbocycles. The van der Waals surface area contributed by atoms with E-state index in [0.717, 1.165) is 56.1 Å². The van der Waals surface area contributed by atoms with E-state index in [1.807, 2.05) is 48.4 Å². The molecule has 1 aliphatic rings. The SMILES string of the molecule is Cc1cnc(CN2CCCN(C(=O)COCc3ccccc3)CC2)cn1. The lowest BCUT2D eigenvalue weighted by Gasteiger charge is -2.21. The fourth-order valence-corrected chi connectivity index (χ4v) is 3.03. The van der Waals surface area contributed by atoms with Gasteiger partial charge >= 0.3 is 0 Å². The molecule has 1 fully saturated rings. The van der Waals surface area contributed by atoms with Crippen LogP contribution in [-0.4, -0.2) is 58.5 Å². The van der Waals surface area contributed by atoms with Gasteiger partial charge in [0.15, 0.2) is 0 Å². The van der Waals surface area contributed by atoms with Crippen LogP contribution >= 0.6 is 0 Å². The first kappa shape index (κ1) is 18.5. The van der Waals surface area contributed by atoms with Crippen LogP contribution in [0.3, 0.4) is 0 Å². The maximum atomic E-state index is 12.4. The van der Waals surface area contributed by atoms with Crippen molar-refractivity contribution in [2.45, 2.75) is 26.5 Å². The van der Waals surface area contributed by atoms with Crippen LogP contribution in [0.4, 0.5) is 0 Å². The molecule has 1 aliphatic heterocycles. The maximum absolute atomic E-state index is 12.4. The molecule has 0 N–H and O–H groups in total. The van der Waals surface area contributed by atoms with Gasteiger partial charge in [-0.1, -0.05) is 30.3 Å². The van der Waals surface area contributed by atoms with Gasteiger partial charge in [0.25, 0.3) is 0 Å². The van der Waals surface area contributed by atoms with Crippen molar-refractivity contribution in [3.63, 3.8) is 0 Å². The quantitative estimate of drug-likeness (QED) is 0.794. The van der Waals surface area contributed by atoms with Crippen molar-refractivity contribution in [3.8, 4) is 0 Å². The predicted molar refractivity (Wildman–Crippen MR) is 99.3 cm³/mol.